The Labute approximate surface area is 112 Å². The van der Waals surface area contributed by atoms with Gasteiger partial charge in [0.2, 0.25) is 5.88 Å². The zero-order chi connectivity index (χ0) is 12.8. The molecule has 0 saturated carbocycles. The molecule has 4 nitrogen and oxygen atoms in total. The molecule has 0 radical (unpaired) electrons. The van der Waals surface area contributed by atoms with Crippen molar-refractivity contribution >= 4 is 21.7 Å². The number of halogens is 1. The molecule has 17 heavy (non-hydrogen) atoms. The summed E-state index contributed by atoms with van der Waals surface area (Å²) in [6, 6.07) is 1.87. The fourth-order valence-electron chi connectivity index (χ4n) is 1.33. The van der Waals surface area contributed by atoms with Crippen LogP contribution in [0.3, 0.4) is 0 Å². The molecule has 0 aromatic carbocycles. The molecular formula is C12H20BrN3O. The fourth-order valence-corrected chi connectivity index (χ4v) is 1.54. The first-order valence-electron chi connectivity index (χ1n) is 5.83. The van der Waals surface area contributed by atoms with E-state index in [-0.39, 0.29) is 6.10 Å². The third-order valence-corrected chi connectivity index (χ3v) is 2.70. The normalized spacial score (nSPS) is 12.6. The van der Waals surface area contributed by atoms with E-state index in [9.17, 15) is 0 Å². The molecule has 0 fully saturated rings. The molecule has 0 spiro atoms. The molecule has 1 aromatic heterocycles. The molecule has 1 atom stereocenters. The first-order valence-corrected chi connectivity index (χ1v) is 6.74. The van der Waals surface area contributed by atoms with Crippen molar-refractivity contribution in [2.45, 2.75) is 38.1 Å². The van der Waals surface area contributed by atoms with E-state index in [0.717, 1.165) is 18.8 Å². The Balaban J connectivity index is 2.63. The van der Waals surface area contributed by atoms with E-state index in [0.29, 0.717) is 10.7 Å². The maximum absolute atomic E-state index is 5.54. The number of nitrogens with zero attached hydrogens (tertiary/aromatic N) is 3. The lowest BCUT2D eigenvalue weighted by Gasteiger charge is -2.19. The standard InChI is InChI=1S/C12H20BrN3O/c1-9(2)17-12-7-11(14-8-15-12)16(4)6-5-10(3)13/h7-10H,5-6H2,1-4H3. The molecule has 1 heterocycles. The zero-order valence-corrected chi connectivity index (χ0v) is 12.4. The van der Waals surface area contributed by atoms with Gasteiger partial charge in [-0.1, -0.05) is 22.9 Å². The predicted octanol–water partition coefficient (Wildman–Crippen LogP) is 2.87. The van der Waals surface area contributed by atoms with Gasteiger partial charge in [-0.05, 0) is 20.3 Å². The van der Waals surface area contributed by atoms with E-state index >= 15 is 0 Å². The number of alkyl halides is 1. The summed E-state index contributed by atoms with van der Waals surface area (Å²) in [6.45, 7) is 7.06. The maximum atomic E-state index is 5.54. The highest BCUT2D eigenvalue weighted by Crippen LogP contribution is 2.16. The van der Waals surface area contributed by atoms with Crippen LogP contribution in [0.2, 0.25) is 0 Å². The van der Waals surface area contributed by atoms with Crippen LogP contribution in [-0.2, 0) is 0 Å². The minimum absolute atomic E-state index is 0.130. The average molecular weight is 302 g/mol. The van der Waals surface area contributed by atoms with Gasteiger partial charge in [-0.25, -0.2) is 9.97 Å². The molecule has 1 rings (SSSR count). The van der Waals surface area contributed by atoms with Gasteiger partial charge in [0.25, 0.3) is 0 Å². The Morgan fingerprint density at radius 2 is 2.06 bits per heavy atom. The largest absolute Gasteiger partial charge is 0.475 e. The monoisotopic (exact) mass is 301 g/mol. The van der Waals surface area contributed by atoms with Crippen molar-refractivity contribution in [3.8, 4) is 5.88 Å². The minimum atomic E-state index is 0.130. The van der Waals surface area contributed by atoms with Gasteiger partial charge in [-0.2, -0.15) is 0 Å². The summed E-state index contributed by atoms with van der Waals surface area (Å²) in [5, 5.41) is 0. The second-order valence-electron chi connectivity index (χ2n) is 4.37. The van der Waals surface area contributed by atoms with E-state index in [4.69, 9.17) is 4.74 Å². The van der Waals surface area contributed by atoms with Crippen molar-refractivity contribution in [1.29, 1.82) is 0 Å². The first-order chi connectivity index (χ1) is 7.99. The van der Waals surface area contributed by atoms with E-state index in [2.05, 4.69) is 37.7 Å². The molecule has 1 unspecified atom stereocenters. The van der Waals surface area contributed by atoms with Crippen LogP contribution in [0.25, 0.3) is 0 Å². The second-order valence-corrected chi connectivity index (χ2v) is 5.94. The summed E-state index contributed by atoms with van der Waals surface area (Å²) >= 11 is 3.54. The Morgan fingerprint density at radius 3 is 2.65 bits per heavy atom. The lowest BCUT2D eigenvalue weighted by atomic mass is 10.3. The lowest BCUT2D eigenvalue weighted by Crippen LogP contribution is -2.21. The number of anilines is 1. The Hall–Kier alpha value is -0.840. The number of ether oxygens (including phenoxy) is 1. The topological polar surface area (TPSA) is 38.2 Å². The van der Waals surface area contributed by atoms with Crippen LogP contribution in [0, 0.1) is 0 Å². The van der Waals surface area contributed by atoms with Crippen LogP contribution in [-0.4, -0.2) is 34.5 Å². The molecule has 0 N–H and O–H groups in total. The van der Waals surface area contributed by atoms with Crippen LogP contribution in [0.5, 0.6) is 5.88 Å². The van der Waals surface area contributed by atoms with Crippen molar-refractivity contribution < 1.29 is 4.74 Å². The predicted molar refractivity (Wildman–Crippen MR) is 74.1 cm³/mol. The van der Waals surface area contributed by atoms with E-state index in [1.807, 2.05) is 27.0 Å². The van der Waals surface area contributed by atoms with Gasteiger partial charge in [0.1, 0.15) is 12.1 Å². The van der Waals surface area contributed by atoms with Crippen LogP contribution >= 0.6 is 15.9 Å². The van der Waals surface area contributed by atoms with Gasteiger partial charge >= 0.3 is 0 Å². The van der Waals surface area contributed by atoms with Crippen molar-refractivity contribution in [2.24, 2.45) is 0 Å². The summed E-state index contributed by atoms with van der Waals surface area (Å²) in [5.41, 5.74) is 0. The molecule has 0 aliphatic heterocycles. The van der Waals surface area contributed by atoms with Crippen molar-refractivity contribution in [3.63, 3.8) is 0 Å². The molecule has 96 valence electrons. The summed E-state index contributed by atoms with van der Waals surface area (Å²) < 4.78 is 5.54. The summed E-state index contributed by atoms with van der Waals surface area (Å²) in [4.78, 5) is 10.9. The Kier molecular flexibility index (Phi) is 5.68. The lowest BCUT2D eigenvalue weighted by molar-refractivity contribution is 0.232. The van der Waals surface area contributed by atoms with Gasteiger partial charge in [0, 0.05) is 24.5 Å². The summed E-state index contributed by atoms with van der Waals surface area (Å²) in [6.07, 6.45) is 2.74. The minimum Gasteiger partial charge on any atom is -0.475 e. The third kappa shape index (κ3) is 5.35. The maximum Gasteiger partial charge on any atom is 0.218 e. The molecule has 5 heteroatoms. The Morgan fingerprint density at radius 1 is 1.35 bits per heavy atom. The quantitative estimate of drug-likeness (QED) is 0.757. The van der Waals surface area contributed by atoms with E-state index < -0.39 is 0 Å². The molecule has 0 aliphatic carbocycles. The molecule has 0 amide bonds. The van der Waals surface area contributed by atoms with Crippen molar-refractivity contribution in [2.75, 3.05) is 18.5 Å². The molecule has 0 bridgehead atoms. The van der Waals surface area contributed by atoms with Gasteiger partial charge in [0.05, 0.1) is 6.10 Å². The van der Waals surface area contributed by atoms with Crippen LogP contribution in [0.4, 0.5) is 5.82 Å². The van der Waals surface area contributed by atoms with Gasteiger partial charge < -0.3 is 9.64 Å². The van der Waals surface area contributed by atoms with Crippen LogP contribution in [0.15, 0.2) is 12.4 Å². The summed E-state index contributed by atoms with van der Waals surface area (Å²) in [5.74, 6) is 1.52. The fraction of sp³-hybridized carbons (Fsp3) is 0.667. The number of rotatable bonds is 6. The molecule has 1 aromatic rings. The summed E-state index contributed by atoms with van der Waals surface area (Å²) in [7, 11) is 2.02. The smallest absolute Gasteiger partial charge is 0.218 e. The van der Waals surface area contributed by atoms with E-state index in [1.165, 1.54) is 0 Å². The average Bonchev–Trinajstić information content (AvgIpc) is 2.25. The second kappa shape index (κ2) is 6.79. The highest BCUT2D eigenvalue weighted by atomic mass is 79.9. The van der Waals surface area contributed by atoms with Gasteiger partial charge in [-0.15, -0.1) is 0 Å². The van der Waals surface area contributed by atoms with Crippen LogP contribution < -0.4 is 9.64 Å². The Bertz CT molecular complexity index is 344. The third-order valence-electron chi connectivity index (χ3n) is 2.24. The van der Waals surface area contributed by atoms with Crippen LogP contribution in [0.1, 0.15) is 27.2 Å². The number of hydrogen-bond acceptors (Lipinski definition) is 4. The SMILES string of the molecule is CC(Br)CCN(C)c1cc(OC(C)C)ncn1. The van der Waals surface area contributed by atoms with Crippen molar-refractivity contribution in [1.82, 2.24) is 9.97 Å². The number of aromatic nitrogens is 2. The van der Waals surface area contributed by atoms with Gasteiger partial charge in [-0.3, -0.25) is 0 Å². The van der Waals surface area contributed by atoms with Crippen molar-refractivity contribution in [3.05, 3.63) is 12.4 Å². The highest BCUT2D eigenvalue weighted by Gasteiger charge is 2.07. The highest BCUT2D eigenvalue weighted by molar-refractivity contribution is 9.09. The zero-order valence-electron chi connectivity index (χ0n) is 10.9. The number of hydrogen-bond donors (Lipinski definition) is 0. The van der Waals surface area contributed by atoms with Gasteiger partial charge in [0.15, 0.2) is 0 Å². The molecular weight excluding hydrogens is 282 g/mol. The van der Waals surface area contributed by atoms with E-state index in [1.54, 1.807) is 6.33 Å². The first kappa shape index (κ1) is 14.2. The molecule has 0 saturated heterocycles. The molecule has 0 aliphatic rings.